The smallest absolute Gasteiger partial charge is 0.250 e. The van der Waals surface area contributed by atoms with Gasteiger partial charge in [0.15, 0.2) is 5.13 Å². The number of nitrogens with zero attached hydrogens (tertiary/aromatic N) is 2. The number of hydrogen-bond donors (Lipinski definition) is 1. The van der Waals surface area contributed by atoms with E-state index >= 15 is 0 Å². The highest BCUT2D eigenvalue weighted by Gasteiger charge is 2.12. The van der Waals surface area contributed by atoms with E-state index in [1.165, 1.54) is 28.8 Å². The number of carbonyl (C=O) groups excluding carboxylic acids is 1. The van der Waals surface area contributed by atoms with Crippen LogP contribution in [0.2, 0.25) is 0 Å². The maximum absolute atomic E-state index is 12.3. The molecule has 1 N–H and O–H groups in total. The monoisotopic (exact) mass is 457 g/mol. The lowest BCUT2D eigenvalue weighted by atomic mass is 10.1. The van der Waals surface area contributed by atoms with Crippen molar-refractivity contribution in [3.8, 4) is 17.0 Å². The SMILES string of the molecule is COc1ccc(C)cc1/C=C/C(=O)Nc1nc(-c2ccc(N(C)S(C)(=O)=O)cc2)cs1. The summed E-state index contributed by atoms with van der Waals surface area (Å²) in [5.74, 6) is 0.394. The number of benzene rings is 2. The van der Waals surface area contributed by atoms with Crippen LogP contribution < -0.4 is 14.4 Å². The van der Waals surface area contributed by atoms with Crippen molar-refractivity contribution in [1.82, 2.24) is 4.98 Å². The van der Waals surface area contributed by atoms with E-state index in [4.69, 9.17) is 4.74 Å². The number of amides is 1. The van der Waals surface area contributed by atoms with Crippen molar-refractivity contribution < 1.29 is 17.9 Å². The number of aromatic nitrogens is 1. The highest BCUT2D eigenvalue weighted by Crippen LogP contribution is 2.27. The van der Waals surface area contributed by atoms with Gasteiger partial charge in [-0.25, -0.2) is 13.4 Å². The molecule has 0 aliphatic heterocycles. The molecule has 3 aromatic rings. The summed E-state index contributed by atoms with van der Waals surface area (Å²) < 4.78 is 29.8. The Bertz CT molecular complexity index is 1220. The fourth-order valence-corrected chi connectivity index (χ4v) is 4.02. The molecule has 3 rings (SSSR count). The minimum absolute atomic E-state index is 0.297. The molecule has 9 heteroatoms. The molecule has 0 radical (unpaired) electrons. The first-order valence-electron chi connectivity index (χ1n) is 9.31. The van der Waals surface area contributed by atoms with Crippen molar-refractivity contribution in [3.63, 3.8) is 0 Å². The van der Waals surface area contributed by atoms with E-state index in [2.05, 4.69) is 10.3 Å². The number of anilines is 2. The quantitative estimate of drug-likeness (QED) is 0.538. The number of sulfonamides is 1. The van der Waals surface area contributed by atoms with E-state index in [-0.39, 0.29) is 5.91 Å². The molecule has 0 atom stereocenters. The van der Waals surface area contributed by atoms with Crippen LogP contribution in [0.4, 0.5) is 10.8 Å². The Morgan fingerprint density at radius 3 is 2.55 bits per heavy atom. The molecule has 0 saturated carbocycles. The summed E-state index contributed by atoms with van der Waals surface area (Å²) in [6.07, 6.45) is 4.29. The minimum Gasteiger partial charge on any atom is -0.496 e. The van der Waals surface area contributed by atoms with Crippen LogP contribution in [0.1, 0.15) is 11.1 Å². The van der Waals surface area contributed by atoms with Crippen molar-refractivity contribution in [2.24, 2.45) is 0 Å². The summed E-state index contributed by atoms with van der Waals surface area (Å²) in [7, 11) is -0.228. The summed E-state index contributed by atoms with van der Waals surface area (Å²) in [5.41, 5.74) is 3.96. The van der Waals surface area contributed by atoms with Gasteiger partial charge in [-0.1, -0.05) is 23.8 Å². The summed E-state index contributed by atoms with van der Waals surface area (Å²) in [4.78, 5) is 16.7. The van der Waals surface area contributed by atoms with Gasteiger partial charge in [-0.3, -0.25) is 14.4 Å². The summed E-state index contributed by atoms with van der Waals surface area (Å²) in [6, 6.07) is 12.8. The highest BCUT2D eigenvalue weighted by molar-refractivity contribution is 7.92. The van der Waals surface area contributed by atoms with Crippen molar-refractivity contribution in [3.05, 3.63) is 65.0 Å². The predicted octanol–water partition coefficient (Wildman–Crippen LogP) is 4.17. The molecule has 0 fully saturated rings. The first-order valence-corrected chi connectivity index (χ1v) is 12.0. The molecule has 0 unspecified atom stereocenters. The molecule has 0 saturated heterocycles. The van der Waals surface area contributed by atoms with Crippen molar-refractivity contribution in [2.75, 3.05) is 30.0 Å². The Morgan fingerprint density at radius 2 is 1.90 bits per heavy atom. The third-order valence-corrected chi connectivity index (χ3v) is 6.52. The van der Waals surface area contributed by atoms with Crippen LogP contribution in [-0.4, -0.2) is 39.7 Å². The fourth-order valence-electron chi connectivity index (χ4n) is 2.79. The van der Waals surface area contributed by atoms with Gasteiger partial charge in [-0.2, -0.15) is 0 Å². The van der Waals surface area contributed by atoms with Gasteiger partial charge in [0, 0.05) is 29.6 Å². The van der Waals surface area contributed by atoms with Crippen molar-refractivity contribution in [1.29, 1.82) is 0 Å². The summed E-state index contributed by atoms with van der Waals surface area (Å²) >= 11 is 1.31. The second kappa shape index (κ2) is 9.32. The van der Waals surface area contributed by atoms with Crippen LogP contribution in [-0.2, 0) is 14.8 Å². The van der Waals surface area contributed by atoms with Crippen LogP contribution >= 0.6 is 11.3 Å². The van der Waals surface area contributed by atoms with E-state index in [1.807, 2.05) is 30.5 Å². The molecule has 1 heterocycles. The third kappa shape index (κ3) is 5.71. The van der Waals surface area contributed by atoms with Gasteiger partial charge in [0.05, 0.1) is 24.7 Å². The Morgan fingerprint density at radius 1 is 1.19 bits per heavy atom. The number of rotatable bonds is 7. The molecule has 2 aromatic carbocycles. The van der Waals surface area contributed by atoms with Gasteiger partial charge in [-0.05, 0) is 37.3 Å². The van der Waals surface area contributed by atoms with Crippen LogP contribution in [0.25, 0.3) is 17.3 Å². The average molecular weight is 458 g/mol. The highest BCUT2D eigenvalue weighted by atomic mass is 32.2. The van der Waals surface area contributed by atoms with Gasteiger partial charge in [0.2, 0.25) is 15.9 Å². The summed E-state index contributed by atoms with van der Waals surface area (Å²) in [6.45, 7) is 1.97. The van der Waals surface area contributed by atoms with Gasteiger partial charge >= 0.3 is 0 Å². The number of nitrogens with one attached hydrogen (secondary N) is 1. The van der Waals surface area contributed by atoms with Gasteiger partial charge in [0.25, 0.3) is 0 Å². The third-order valence-electron chi connectivity index (χ3n) is 4.56. The van der Waals surface area contributed by atoms with E-state index in [0.717, 1.165) is 22.9 Å². The van der Waals surface area contributed by atoms with Crippen LogP contribution in [0.15, 0.2) is 53.9 Å². The zero-order chi connectivity index (χ0) is 22.6. The van der Waals surface area contributed by atoms with E-state index in [0.29, 0.717) is 22.3 Å². The van der Waals surface area contributed by atoms with Gasteiger partial charge < -0.3 is 4.74 Å². The lowest BCUT2D eigenvalue weighted by Crippen LogP contribution is -2.24. The predicted molar refractivity (Wildman–Crippen MR) is 126 cm³/mol. The first kappa shape index (κ1) is 22.5. The topological polar surface area (TPSA) is 88.6 Å². The van der Waals surface area contributed by atoms with E-state index in [9.17, 15) is 13.2 Å². The second-order valence-electron chi connectivity index (χ2n) is 6.88. The molecular weight excluding hydrogens is 434 g/mol. The molecule has 0 aliphatic rings. The molecule has 0 aliphatic carbocycles. The first-order chi connectivity index (χ1) is 14.7. The van der Waals surface area contributed by atoms with E-state index in [1.54, 1.807) is 37.5 Å². The lowest BCUT2D eigenvalue weighted by Gasteiger charge is -2.16. The normalized spacial score (nSPS) is 11.5. The number of aryl methyl sites for hydroxylation is 1. The maximum Gasteiger partial charge on any atom is 0.250 e. The van der Waals surface area contributed by atoms with Crippen LogP contribution in [0, 0.1) is 6.92 Å². The number of hydrogen-bond acceptors (Lipinski definition) is 6. The number of methoxy groups -OCH3 is 1. The second-order valence-corrected chi connectivity index (χ2v) is 9.76. The molecule has 1 aromatic heterocycles. The molecule has 162 valence electrons. The Kier molecular flexibility index (Phi) is 6.77. The van der Waals surface area contributed by atoms with Gasteiger partial charge in [-0.15, -0.1) is 11.3 Å². The zero-order valence-corrected chi connectivity index (χ0v) is 19.3. The molecule has 0 bridgehead atoms. The van der Waals surface area contributed by atoms with Crippen molar-refractivity contribution >= 4 is 44.2 Å². The minimum atomic E-state index is -3.32. The standard InChI is InChI=1S/C22H23N3O4S2/c1-15-5-11-20(29-3)17(13-15)8-12-21(26)24-22-23-19(14-30-22)16-6-9-18(10-7-16)25(2)31(4,27)28/h5-14H,1-4H3,(H,23,24,26)/b12-8+. The van der Waals surface area contributed by atoms with Crippen molar-refractivity contribution in [2.45, 2.75) is 6.92 Å². The average Bonchev–Trinajstić information content (AvgIpc) is 3.19. The van der Waals surface area contributed by atoms with Crippen LogP contribution in [0.5, 0.6) is 5.75 Å². The lowest BCUT2D eigenvalue weighted by molar-refractivity contribution is -0.111. The van der Waals surface area contributed by atoms with Crippen LogP contribution in [0.3, 0.4) is 0 Å². The fraction of sp³-hybridized carbons (Fsp3) is 0.182. The molecular formula is C22H23N3O4S2. The Hall–Kier alpha value is -3.17. The largest absolute Gasteiger partial charge is 0.496 e. The maximum atomic E-state index is 12.3. The van der Waals surface area contributed by atoms with E-state index < -0.39 is 10.0 Å². The zero-order valence-electron chi connectivity index (χ0n) is 17.6. The molecule has 7 nitrogen and oxygen atoms in total. The molecule has 0 spiro atoms. The number of ether oxygens (including phenoxy) is 1. The molecule has 1 amide bonds. The van der Waals surface area contributed by atoms with Gasteiger partial charge in [0.1, 0.15) is 5.75 Å². The number of thiazole rings is 1. The molecule has 31 heavy (non-hydrogen) atoms. The number of carbonyl (C=O) groups is 1. The Balaban J connectivity index is 1.69. The summed E-state index contributed by atoms with van der Waals surface area (Å²) in [5, 5.41) is 5.06. The Labute approximate surface area is 186 Å².